The summed E-state index contributed by atoms with van der Waals surface area (Å²) in [6.45, 7) is 1.43. The van der Waals surface area contributed by atoms with Gasteiger partial charge in [0, 0.05) is 6.08 Å². The molecule has 0 aliphatic rings. The maximum Gasteiger partial charge on any atom is 0.328 e. The molecule has 0 aliphatic heterocycles. The van der Waals surface area contributed by atoms with E-state index < -0.39 is 5.97 Å². The molecule has 0 unspecified atom stereocenters. The maximum atomic E-state index is 9.73. The van der Waals surface area contributed by atoms with Crippen LogP contribution in [0.2, 0.25) is 0 Å². The quantitative estimate of drug-likeness (QED) is 0.412. The number of carbonyl (C=O) groups is 2. The predicted molar refractivity (Wildman–Crippen MR) is 27.5 cm³/mol. The fourth-order valence-electron chi connectivity index (χ4n) is 0.229. The highest BCUT2D eigenvalue weighted by Crippen LogP contribution is 1.83. The number of allylic oxidation sites excluding steroid dienone is 1. The minimum absolute atomic E-state index is 0.220. The van der Waals surface area contributed by atoms with Crippen molar-refractivity contribution in [1.29, 1.82) is 0 Å². The molecule has 0 atom stereocenters. The van der Waals surface area contributed by atoms with Crippen molar-refractivity contribution in [3.05, 3.63) is 11.6 Å². The second kappa shape index (κ2) is 2.96. The number of carboxylic acids is 1. The van der Waals surface area contributed by atoms with E-state index in [1.165, 1.54) is 6.92 Å². The monoisotopic (exact) mass is 114 g/mol. The average Bonchev–Trinajstić information content (AvgIpc) is 1.65. The van der Waals surface area contributed by atoms with Crippen LogP contribution in [0.1, 0.15) is 6.92 Å². The van der Waals surface area contributed by atoms with Crippen LogP contribution in [0.4, 0.5) is 0 Å². The molecule has 0 radical (unpaired) electrons. The molecular formula is C5H6O3. The van der Waals surface area contributed by atoms with Crippen LogP contribution in [-0.2, 0) is 9.59 Å². The van der Waals surface area contributed by atoms with Gasteiger partial charge in [-0.25, -0.2) is 4.79 Å². The number of aliphatic carboxylic acids is 1. The minimum Gasteiger partial charge on any atom is -0.478 e. The van der Waals surface area contributed by atoms with E-state index in [-0.39, 0.29) is 5.57 Å². The van der Waals surface area contributed by atoms with Crippen molar-refractivity contribution < 1.29 is 14.7 Å². The topological polar surface area (TPSA) is 54.4 Å². The summed E-state index contributed by atoms with van der Waals surface area (Å²) >= 11 is 0. The van der Waals surface area contributed by atoms with Gasteiger partial charge >= 0.3 is 5.97 Å². The maximum absolute atomic E-state index is 9.73. The fourth-order valence-corrected chi connectivity index (χ4v) is 0.229. The molecule has 0 saturated carbocycles. The standard InChI is InChI=1S/C5H6O3/c1-4(3-6)2-5(7)8/h2-3H,1H3,(H,7,8)/b4-2-. The number of hydrogen-bond acceptors (Lipinski definition) is 2. The van der Waals surface area contributed by atoms with E-state index in [0.717, 1.165) is 6.08 Å². The summed E-state index contributed by atoms with van der Waals surface area (Å²) in [4.78, 5) is 19.4. The summed E-state index contributed by atoms with van der Waals surface area (Å²) < 4.78 is 0. The lowest BCUT2D eigenvalue weighted by atomic mass is 10.3. The van der Waals surface area contributed by atoms with Crippen LogP contribution in [0.3, 0.4) is 0 Å². The van der Waals surface area contributed by atoms with Crippen molar-refractivity contribution in [2.45, 2.75) is 6.92 Å². The molecule has 1 N–H and O–H groups in total. The van der Waals surface area contributed by atoms with Crippen LogP contribution < -0.4 is 0 Å². The van der Waals surface area contributed by atoms with E-state index in [4.69, 9.17) is 5.11 Å². The molecule has 0 aliphatic carbocycles. The molecule has 0 amide bonds. The van der Waals surface area contributed by atoms with Gasteiger partial charge in [0.15, 0.2) is 0 Å². The van der Waals surface area contributed by atoms with E-state index in [0.29, 0.717) is 6.29 Å². The van der Waals surface area contributed by atoms with Crippen LogP contribution in [-0.4, -0.2) is 17.4 Å². The molecule has 0 rings (SSSR count). The Balaban J connectivity index is 3.94. The summed E-state index contributed by atoms with van der Waals surface area (Å²) in [5.41, 5.74) is 0.220. The van der Waals surface area contributed by atoms with Crippen LogP contribution in [0, 0.1) is 0 Å². The average molecular weight is 114 g/mol. The molecule has 0 heterocycles. The Kier molecular flexibility index (Phi) is 2.54. The Morgan fingerprint density at radius 1 is 1.62 bits per heavy atom. The first-order valence-electron chi connectivity index (χ1n) is 2.03. The van der Waals surface area contributed by atoms with Crippen molar-refractivity contribution in [3.63, 3.8) is 0 Å². The van der Waals surface area contributed by atoms with Crippen molar-refractivity contribution in [2.24, 2.45) is 0 Å². The van der Waals surface area contributed by atoms with Gasteiger partial charge in [-0.15, -0.1) is 0 Å². The summed E-state index contributed by atoms with van der Waals surface area (Å²) in [7, 11) is 0. The molecule has 44 valence electrons. The van der Waals surface area contributed by atoms with Crippen LogP contribution in [0.5, 0.6) is 0 Å². The highest BCUT2D eigenvalue weighted by Gasteiger charge is 1.88. The molecule has 0 aromatic rings. The Morgan fingerprint density at radius 3 is 2.25 bits per heavy atom. The third-order valence-corrected chi connectivity index (χ3v) is 0.537. The molecule has 3 heteroatoms. The van der Waals surface area contributed by atoms with Gasteiger partial charge in [0.05, 0.1) is 0 Å². The zero-order valence-corrected chi connectivity index (χ0v) is 4.42. The molecule has 0 aromatic heterocycles. The third kappa shape index (κ3) is 3.08. The van der Waals surface area contributed by atoms with Gasteiger partial charge in [0.25, 0.3) is 0 Å². The Bertz CT molecular complexity index is 135. The van der Waals surface area contributed by atoms with Gasteiger partial charge in [-0.3, -0.25) is 4.79 Å². The number of hydrogen-bond donors (Lipinski definition) is 1. The SMILES string of the molecule is C/C(C=O)=C/C(=O)O. The van der Waals surface area contributed by atoms with Crippen molar-refractivity contribution >= 4 is 12.3 Å². The van der Waals surface area contributed by atoms with E-state index in [2.05, 4.69) is 0 Å². The third-order valence-electron chi connectivity index (χ3n) is 0.537. The number of carbonyl (C=O) groups excluding carboxylic acids is 1. The zero-order valence-electron chi connectivity index (χ0n) is 4.42. The number of aldehydes is 1. The Morgan fingerprint density at radius 2 is 2.12 bits per heavy atom. The normalized spacial score (nSPS) is 10.9. The first kappa shape index (κ1) is 6.88. The molecule has 3 nitrogen and oxygen atoms in total. The highest BCUT2D eigenvalue weighted by atomic mass is 16.4. The van der Waals surface area contributed by atoms with Gasteiger partial charge < -0.3 is 5.11 Å². The van der Waals surface area contributed by atoms with Crippen LogP contribution in [0.25, 0.3) is 0 Å². The molecule has 0 fully saturated rings. The second-order valence-electron chi connectivity index (χ2n) is 1.34. The molecule has 0 aromatic carbocycles. The Labute approximate surface area is 46.6 Å². The fraction of sp³-hybridized carbons (Fsp3) is 0.200. The first-order chi connectivity index (χ1) is 3.66. The molecule has 8 heavy (non-hydrogen) atoms. The van der Waals surface area contributed by atoms with Crippen molar-refractivity contribution in [2.75, 3.05) is 0 Å². The lowest BCUT2D eigenvalue weighted by Crippen LogP contribution is -1.89. The van der Waals surface area contributed by atoms with Gasteiger partial charge in [-0.2, -0.15) is 0 Å². The summed E-state index contributed by atoms with van der Waals surface area (Å²) in [6, 6.07) is 0. The smallest absolute Gasteiger partial charge is 0.328 e. The first-order valence-corrected chi connectivity index (χ1v) is 2.03. The van der Waals surface area contributed by atoms with E-state index in [1.807, 2.05) is 0 Å². The van der Waals surface area contributed by atoms with Crippen LogP contribution >= 0.6 is 0 Å². The second-order valence-corrected chi connectivity index (χ2v) is 1.34. The summed E-state index contributed by atoms with van der Waals surface area (Å²) in [5, 5.41) is 7.98. The van der Waals surface area contributed by atoms with Gasteiger partial charge in [0.2, 0.25) is 0 Å². The van der Waals surface area contributed by atoms with Gasteiger partial charge in [-0.1, -0.05) is 0 Å². The highest BCUT2D eigenvalue weighted by molar-refractivity contribution is 5.87. The zero-order chi connectivity index (χ0) is 6.57. The molecular weight excluding hydrogens is 108 g/mol. The summed E-state index contributed by atoms with van der Waals surface area (Å²) in [5.74, 6) is -1.09. The van der Waals surface area contributed by atoms with E-state index >= 15 is 0 Å². The van der Waals surface area contributed by atoms with Crippen LogP contribution in [0.15, 0.2) is 11.6 Å². The number of carboxylic acid groups (broad SMARTS) is 1. The van der Waals surface area contributed by atoms with E-state index in [9.17, 15) is 9.59 Å². The predicted octanol–water partition coefficient (Wildman–Crippen LogP) is 0.216. The Hall–Kier alpha value is -1.12. The van der Waals surface area contributed by atoms with E-state index in [1.54, 1.807) is 0 Å². The molecule has 0 saturated heterocycles. The molecule has 0 bridgehead atoms. The minimum atomic E-state index is -1.09. The largest absolute Gasteiger partial charge is 0.478 e. The summed E-state index contributed by atoms with van der Waals surface area (Å²) in [6.07, 6.45) is 1.35. The van der Waals surface area contributed by atoms with Crippen molar-refractivity contribution in [3.8, 4) is 0 Å². The number of rotatable bonds is 2. The van der Waals surface area contributed by atoms with Gasteiger partial charge in [0.1, 0.15) is 6.29 Å². The van der Waals surface area contributed by atoms with Gasteiger partial charge in [-0.05, 0) is 12.5 Å². The molecule has 0 spiro atoms. The lowest BCUT2D eigenvalue weighted by molar-refractivity contribution is -0.131. The lowest BCUT2D eigenvalue weighted by Gasteiger charge is -1.79. The van der Waals surface area contributed by atoms with Crippen molar-refractivity contribution in [1.82, 2.24) is 0 Å².